The van der Waals surface area contributed by atoms with Crippen molar-refractivity contribution in [3.63, 3.8) is 0 Å². The molecule has 0 atom stereocenters. The molecule has 0 radical (unpaired) electrons. The van der Waals surface area contributed by atoms with E-state index in [1.807, 2.05) is 12.1 Å². The lowest BCUT2D eigenvalue weighted by atomic mass is 10.0. The molecule has 18 heavy (non-hydrogen) atoms. The van der Waals surface area contributed by atoms with Crippen LogP contribution in [0, 0.1) is 0 Å². The van der Waals surface area contributed by atoms with E-state index in [4.69, 9.17) is 10.5 Å². The van der Waals surface area contributed by atoms with Crippen molar-refractivity contribution in [2.45, 2.75) is 19.3 Å². The first-order valence-electron chi connectivity index (χ1n) is 6.19. The number of hydrogen-bond acceptors (Lipinski definition) is 3. The standard InChI is InChI=1S/C15H16N2O/c1-18-14-8-11-4-2-3-10(11)7-13(14)12-5-6-15(16)17-9-12/h5-9H,2-4H2,1H3,(H2,16,17). The van der Waals surface area contributed by atoms with Crippen LogP contribution in [-0.4, -0.2) is 12.1 Å². The second-order valence-corrected chi connectivity index (χ2v) is 4.65. The first-order valence-corrected chi connectivity index (χ1v) is 6.19. The van der Waals surface area contributed by atoms with Gasteiger partial charge in [0, 0.05) is 17.3 Å². The third kappa shape index (κ3) is 1.82. The number of hydrogen-bond donors (Lipinski definition) is 1. The number of benzene rings is 1. The summed E-state index contributed by atoms with van der Waals surface area (Å²) in [7, 11) is 1.71. The summed E-state index contributed by atoms with van der Waals surface area (Å²) in [6, 6.07) is 8.20. The lowest BCUT2D eigenvalue weighted by Crippen LogP contribution is -1.94. The fourth-order valence-electron chi connectivity index (χ4n) is 2.56. The average molecular weight is 240 g/mol. The smallest absolute Gasteiger partial charge is 0.127 e. The first-order chi connectivity index (χ1) is 8.78. The molecule has 1 aliphatic rings. The lowest BCUT2D eigenvalue weighted by Gasteiger charge is -2.11. The number of pyridine rings is 1. The van der Waals surface area contributed by atoms with Gasteiger partial charge < -0.3 is 10.5 Å². The van der Waals surface area contributed by atoms with Gasteiger partial charge in [-0.2, -0.15) is 0 Å². The quantitative estimate of drug-likeness (QED) is 0.878. The predicted molar refractivity (Wildman–Crippen MR) is 72.7 cm³/mol. The van der Waals surface area contributed by atoms with Crippen LogP contribution in [0.5, 0.6) is 5.75 Å². The first kappa shape index (κ1) is 11.1. The van der Waals surface area contributed by atoms with Gasteiger partial charge in [0.1, 0.15) is 11.6 Å². The van der Waals surface area contributed by atoms with Crippen molar-refractivity contribution in [3.05, 3.63) is 41.6 Å². The fourth-order valence-corrected chi connectivity index (χ4v) is 2.56. The van der Waals surface area contributed by atoms with E-state index in [-0.39, 0.29) is 0 Å². The summed E-state index contributed by atoms with van der Waals surface area (Å²) in [6.07, 6.45) is 5.36. The number of methoxy groups -OCH3 is 1. The Labute approximate surface area is 107 Å². The molecule has 92 valence electrons. The number of aryl methyl sites for hydroxylation is 2. The molecule has 3 rings (SSSR count). The maximum atomic E-state index is 5.62. The second-order valence-electron chi connectivity index (χ2n) is 4.65. The van der Waals surface area contributed by atoms with Gasteiger partial charge in [0.2, 0.25) is 0 Å². The van der Waals surface area contributed by atoms with Crippen molar-refractivity contribution in [1.29, 1.82) is 0 Å². The van der Waals surface area contributed by atoms with Crippen molar-refractivity contribution in [1.82, 2.24) is 4.98 Å². The number of aromatic nitrogens is 1. The molecule has 0 saturated carbocycles. The Hall–Kier alpha value is -2.03. The van der Waals surface area contributed by atoms with Crippen LogP contribution in [-0.2, 0) is 12.8 Å². The number of nitrogen functional groups attached to an aromatic ring is 1. The molecule has 3 heteroatoms. The highest BCUT2D eigenvalue weighted by molar-refractivity contribution is 5.72. The summed E-state index contributed by atoms with van der Waals surface area (Å²) >= 11 is 0. The van der Waals surface area contributed by atoms with Crippen LogP contribution < -0.4 is 10.5 Å². The van der Waals surface area contributed by atoms with Gasteiger partial charge in [-0.15, -0.1) is 0 Å². The molecule has 2 N–H and O–H groups in total. The molecule has 0 unspecified atom stereocenters. The van der Waals surface area contributed by atoms with Gasteiger partial charge in [0.15, 0.2) is 0 Å². The zero-order chi connectivity index (χ0) is 12.5. The summed E-state index contributed by atoms with van der Waals surface area (Å²) in [5.41, 5.74) is 10.6. The van der Waals surface area contributed by atoms with E-state index in [9.17, 15) is 0 Å². The molecule has 0 amide bonds. The molecule has 1 heterocycles. The van der Waals surface area contributed by atoms with Crippen molar-refractivity contribution < 1.29 is 4.74 Å². The minimum Gasteiger partial charge on any atom is -0.496 e. The molecule has 1 aromatic heterocycles. The summed E-state index contributed by atoms with van der Waals surface area (Å²) in [5, 5.41) is 0. The predicted octanol–water partition coefficient (Wildman–Crippen LogP) is 2.83. The zero-order valence-corrected chi connectivity index (χ0v) is 10.4. The molecule has 0 fully saturated rings. The number of nitrogens with zero attached hydrogens (tertiary/aromatic N) is 1. The molecule has 0 spiro atoms. The number of fused-ring (bicyclic) bond motifs is 1. The summed E-state index contributed by atoms with van der Waals surface area (Å²) in [5.74, 6) is 1.46. The van der Waals surface area contributed by atoms with Gasteiger partial charge in [0.25, 0.3) is 0 Å². The number of anilines is 1. The second kappa shape index (κ2) is 4.33. The molecule has 1 aromatic carbocycles. The van der Waals surface area contributed by atoms with Crippen LogP contribution in [0.2, 0.25) is 0 Å². The minimum absolute atomic E-state index is 0.541. The Morgan fingerprint density at radius 3 is 2.61 bits per heavy atom. The van der Waals surface area contributed by atoms with Crippen molar-refractivity contribution in [2.24, 2.45) is 0 Å². The Morgan fingerprint density at radius 1 is 1.17 bits per heavy atom. The van der Waals surface area contributed by atoms with E-state index in [0.29, 0.717) is 5.82 Å². The topological polar surface area (TPSA) is 48.1 Å². The number of rotatable bonds is 2. The van der Waals surface area contributed by atoms with Crippen LogP contribution in [0.3, 0.4) is 0 Å². The van der Waals surface area contributed by atoms with Gasteiger partial charge in [-0.25, -0.2) is 4.98 Å². The highest BCUT2D eigenvalue weighted by atomic mass is 16.5. The Morgan fingerprint density at radius 2 is 1.94 bits per heavy atom. The monoisotopic (exact) mass is 240 g/mol. The van der Waals surface area contributed by atoms with E-state index in [2.05, 4.69) is 17.1 Å². The number of ether oxygens (including phenoxy) is 1. The molecular formula is C15H16N2O. The molecule has 1 aliphatic carbocycles. The van der Waals surface area contributed by atoms with Crippen molar-refractivity contribution in [2.75, 3.05) is 12.8 Å². The Kier molecular flexibility index (Phi) is 2.67. The Bertz CT molecular complexity index is 576. The average Bonchev–Trinajstić information content (AvgIpc) is 2.85. The molecule has 0 aliphatic heterocycles. The van der Waals surface area contributed by atoms with Crippen LogP contribution in [0.4, 0.5) is 5.82 Å². The third-order valence-electron chi connectivity index (χ3n) is 3.51. The maximum Gasteiger partial charge on any atom is 0.127 e. The van der Waals surface area contributed by atoms with Crippen LogP contribution >= 0.6 is 0 Å². The lowest BCUT2D eigenvalue weighted by molar-refractivity contribution is 0.416. The van der Waals surface area contributed by atoms with E-state index in [1.54, 1.807) is 13.3 Å². The van der Waals surface area contributed by atoms with Gasteiger partial charge in [0.05, 0.1) is 7.11 Å². The van der Waals surface area contributed by atoms with Gasteiger partial charge >= 0.3 is 0 Å². The largest absolute Gasteiger partial charge is 0.496 e. The highest BCUT2D eigenvalue weighted by Gasteiger charge is 2.16. The molecule has 3 nitrogen and oxygen atoms in total. The zero-order valence-electron chi connectivity index (χ0n) is 10.4. The van der Waals surface area contributed by atoms with Gasteiger partial charge in [-0.3, -0.25) is 0 Å². The minimum atomic E-state index is 0.541. The summed E-state index contributed by atoms with van der Waals surface area (Å²) < 4.78 is 5.50. The molecule has 0 bridgehead atoms. The summed E-state index contributed by atoms with van der Waals surface area (Å²) in [6.45, 7) is 0. The van der Waals surface area contributed by atoms with E-state index >= 15 is 0 Å². The maximum absolute atomic E-state index is 5.62. The van der Waals surface area contributed by atoms with Crippen molar-refractivity contribution >= 4 is 5.82 Å². The number of nitrogens with two attached hydrogens (primary N) is 1. The van der Waals surface area contributed by atoms with E-state index in [0.717, 1.165) is 29.7 Å². The molecular weight excluding hydrogens is 224 g/mol. The van der Waals surface area contributed by atoms with Crippen molar-refractivity contribution in [3.8, 4) is 16.9 Å². The fraction of sp³-hybridized carbons (Fsp3) is 0.267. The normalized spacial score (nSPS) is 13.4. The van der Waals surface area contributed by atoms with E-state index < -0.39 is 0 Å². The van der Waals surface area contributed by atoms with Crippen LogP contribution in [0.15, 0.2) is 30.5 Å². The van der Waals surface area contributed by atoms with Gasteiger partial charge in [-0.05, 0) is 54.7 Å². The summed E-state index contributed by atoms with van der Waals surface area (Å²) in [4.78, 5) is 4.15. The molecule has 2 aromatic rings. The SMILES string of the molecule is COc1cc2c(cc1-c1ccc(N)nc1)CCC2. The van der Waals surface area contributed by atoms with Gasteiger partial charge in [-0.1, -0.05) is 0 Å². The third-order valence-corrected chi connectivity index (χ3v) is 3.51. The molecule has 0 saturated heterocycles. The van der Waals surface area contributed by atoms with Crippen LogP contribution in [0.25, 0.3) is 11.1 Å². The highest BCUT2D eigenvalue weighted by Crippen LogP contribution is 2.35. The van der Waals surface area contributed by atoms with Crippen LogP contribution in [0.1, 0.15) is 17.5 Å². The van der Waals surface area contributed by atoms with E-state index in [1.165, 1.54) is 17.5 Å². The Balaban J connectivity index is 2.13.